The van der Waals surface area contributed by atoms with E-state index < -0.39 is 20.3 Å². The predicted molar refractivity (Wildman–Crippen MR) is 63.4 cm³/mol. The second-order valence-corrected chi connectivity index (χ2v) is 8.93. The van der Waals surface area contributed by atoms with Gasteiger partial charge in [-0.3, -0.25) is 0 Å². The number of esters is 1. The van der Waals surface area contributed by atoms with E-state index in [1.54, 1.807) is 6.92 Å². The average molecular weight is 245 g/mol. The SMILES string of the molecule is C=C(C(=O)OC)N(C(=O)OCC)[Si](C)(C)C. The maximum Gasteiger partial charge on any atom is 0.406 e. The number of rotatable bonds is 4. The van der Waals surface area contributed by atoms with E-state index in [0.717, 1.165) is 0 Å². The molecule has 0 aliphatic heterocycles. The van der Waals surface area contributed by atoms with Crippen molar-refractivity contribution in [2.45, 2.75) is 26.6 Å². The van der Waals surface area contributed by atoms with Crippen LogP contribution in [0.25, 0.3) is 0 Å². The summed E-state index contributed by atoms with van der Waals surface area (Å²) in [7, 11) is -0.820. The van der Waals surface area contributed by atoms with E-state index in [9.17, 15) is 9.59 Å². The smallest absolute Gasteiger partial charge is 0.406 e. The molecule has 0 aliphatic carbocycles. The van der Waals surface area contributed by atoms with Gasteiger partial charge in [-0.2, -0.15) is 0 Å². The highest BCUT2D eigenvalue weighted by molar-refractivity contribution is 6.76. The lowest BCUT2D eigenvalue weighted by molar-refractivity contribution is -0.137. The molecule has 0 aromatic carbocycles. The number of carbonyl (C=O) groups is 2. The third kappa shape index (κ3) is 3.69. The monoisotopic (exact) mass is 245 g/mol. The second-order valence-electron chi connectivity index (χ2n) is 4.14. The maximum absolute atomic E-state index is 11.7. The molecule has 0 aromatic heterocycles. The molecule has 0 radical (unpaired) electrons. The van der Waals surface area contributed by atoms with Gasteiger partial charge >= 0.3 is 12.1 Å². The molecule has 0 saturated carbocycles. The van der Waals surface area contributed by atoms with Crippen molar-refractivity contribution in [2.24, 2.45) is 0 Å². The molecule has 16 heavy (non-hydrogen) atoms. The van der Waals surface area contributed by atoms with Crippen LogP contribution in [0.3, 0.4) is 0 Å². The van der Waals surface area contributed by atoms with Crippen molar-refractivity contribution in [3.63, 3.8) is 0 Å². The minimum Gasteiger partial charge on any atom is -0.464 e. The van der Waals surface area contributed by atoms with Crippen molar-refractivity contribution < 1.29 is 19.1 Å². The lowest BCUT2D eigenvalue weighted by Crippen LogP contribution is -2.50. The molecule has 92 valence electrons. The molecule has 0 spiro atoms. The number of amides is 1. The fraction of sp³-hybridized carbons (Fsp3) is 0.600. The third-order valence-corrected chi connectivity index (χ3v) is 3.61. The molecular weight excluding hydrogens is 226 g/mol. The summed E-state index contributed by atoms with van der Waals surface area (Å²) < 4.78 is 10.8. The van der Waals surface area contributed by atoms with Gasteiger partial charge in [0.05, 0.1) is 13.7 Å². The zero-order chi connectivity index (χ0) is 12.9. The van der Waals surface area contributed by atoms with Gasteiger partial charge in [0.15, 0.2) is 8.24 Å². The number of methoxy groups -OCH3 is 1. The highest BCUT2D eigenvalue weighted by Crippen LogP contribution is 2.18. The van der Waals surface area contributed by atoms with Crippen molar-refractivity contribution in [1.82, 2.24) is 4.57 Å². The Morgan fingerprint density at radius 1 is 1.31 bits per heavy atom. The Labute approximate surface area is 97.1 Å². The lowest BCUT2D eigenvalue weighted by Gasteiger charge is -2.33. The first kappa shape index (κ1) is 14.7. The zero-order valence-corrected chi connectivity index (χ0v) is 11.5. The van der Waals surface area contributed by atoms with Gasteiger partial charge in [-0.05, 0) is 6.92 Å². The van der Waals surface area contributed by atoms with Crippen molar-refractivity contribution in [2.75, 3.05) is 13.7 Å². The molecule has 0 saturated heterocycles. The molecule has 0 bridgehead atoms. The molecule has 1 amide bonds. The minimum absolute atomic E-state index is 0.0279. The van der Waals surface area contributed by atoms with E-state index in [1.807, 2.05) is 19.6 Å². The predicted octanol–water partition coefficient (Wildman–Crippen LogP) is 1.97. The van der Waals surface area contributed by atoms with Crippen molar-refractivity contribution in [3.8, 4) is 0 Å². The summed E-state index contributed by atoms with van der Waals surface area (Å²) in [5, 5.41) is 0. The van der Waals surface area contributed by atoms with E-state index in [4.69, 9.17) is 4.74 Å². The van der Waals surface area contributed by atoms with Gasteiger partial charge in [-0.25, -0.2) is 9.59 Å². The van der Waals surface area contributed by atoms with Crippen LogP contribution in [-0.4, -0.2) is 38.6 Å². The first-order chi connectivity index (χ1) is 7.25. The van der Waals surface area contributed by atoms with Crippen molar-refractivity contribution in [1.29, 1.82) is 0 Å². The molecule has 0 rings (SSSR count). The maximum atomic E-state index is 11.7. The van der Waals surface area contributed by atoms with Gasteiger partial charge in [0.2, 0.25) is 0 Å². The Balaban J connectivity index is 5.04. The molecule has 0 fully saturated rings. The molecule has 0 unspecified atom stereocenters. The molecule has 0 heterocycles. The number of hydrogen-bond donors (Lipinski definition) is 0. The van der Waals surface area contributed by atoms with Gasteiger partial charge in [0.25, 0.3) is 0 Å². The van der Waals surface area contributed by atoms with Crippen LogP contribution in [-0.2, 0) is 14.3 Å². The Morgan fingerprint density at radius 3 is 2.12 bits per heavy atom. The van der Waals surface area contributed by atoms with Crippen LogP contribution in [0.5, 0.6) is 0 Å². The fourth-order valence-electron chi connectivity index (χ4n) is 1.19. The second kappa shape index (κ2) is 5.69. The van der Waals surface area contributed by atoms with Crippen LogP contribution in [0.4, 0.5) is 4.79 Å². The fourth-order valence-corrected chi connectivity index (χ4v) is 2.70. The van der Waals surface area contributed by atoms with E-state index in [2.05, 4.69) is 11.3 Å². The van der Waals surface area contributed by atoms with Gasteiger partial charge in [0, 0.05) is 0 Å². The summed E-state index contributed by atoms with van der Waals surface area (Å²) in [6.45, 7) is 11.3. The Hall–Kier alpha value is -1.30. The number of nitrogens with zero attached hydrogens (tertiary/aromatic N) is 1. The van der Waals surface area contributed by atoms with Crippen LogP contribution >= 0.6 is 0 Å². The van der Waals surface area contributed by atoms with Crippen molar-refractivity contribution in [3.05, 3.63) is 12.3 Å². The summed E-state index contributed by atoms with van der Waals surface area (Å²) in [6.07, 6.45) is -0.544. The number of ether oxygens (including phenoxy) is 2. The molecule has 6 heteroatoms. The quantitative estimate of drug-likeness (QED) is 0.431. The molecule has 0 N–H and O–H groups in total. The van der Waals surface area contributed by atoms with Gasteiger partial charge < -0.3 is 14.0 Å². The van der Waals surface area contributed by atoms with Gasteiger partial charge in [0.1, 0.15) is 5.70 Å². The van der Waals surface area contributed by atoms with E-state index >= 15 is 0 Å². The number of carbonyl (C=O) groups excluding carboxylic acids is 2. The van der Waals surface area contributed by atoms with Crippen LogP contribution < -0.4 is 0 Å². The molecule has 0 atom stereocenters. The molecular formula is C10H19NO4Si. The van der Waals surface area contributed by atoms with E-state index in [1.165, 1.54) is 11.7 Å². The standard InChI is InChI=1S/C10H19NO4Si/c1-7-15-10(13)11(16(4,5)6)8(2)9(12)14-3/h2,7H2,1,3-6H3. The van der Waals surface area contributed by atoms with Crippen LogP contribution in [0.2, 0.25) is 19.6 Å². The van der Waals surface area contributed by atoms with E-state index in [-0.39, 0.29) is 12.3 Å². The molecule has 0 aliphatic rings. The van der Waals surface area contributed by atoms with Crippen LogP contribution in [0, 0.1) is 0 Å². The Kier molecular flexibility index (Phi) is 5.23. The largest absolute Gasteiger partial charge is 0.464 e. The van der Waals surface area contributed by atoms with Crippen LogP contribution in [0.15, 0.2) is 12.3 Å². The van der Waals surface area contributed by atoms with Crippen molar-refractivity contribution >= 4 is 20.3 Å². The first-order valence-corrected chi connectivity index (χ1v) is 8.44. The van der Waals surface area contributed by atoms with Gasteiger partial charge in [-0.15, -0.1) is 0 Å². The minimum atomic E-state index is -2.07. The zero-order valence-electron chi connectivity index (χ0n) is 10.5. The summed E-state index contributed by atoms with van der Waals surface area (Å²) in [5.74, 6) is -0.615. The normalized spacial score (nSPS) is 10.6. The summed E-state index contributed by atoms with van der Waals surface area (Å²) in [6, 6.07) is 0. The molecule has 5 nitrogen and oxygen atoms in total. The van der Waals surface area contributed by atoms with Gasteiger partial charge in [-0.1, -0.05) is 26.2 Å². The highest BCUT2D eigenvalue weighted by Gasteiger charge is 2.35. The summed E-state index contributed by atoms with van der Waals surface area (Å²) in [5.41, 5.74) is 0.0279. The topological polar surface area (TPSA) is 55.8 Å². The van der Waals surface area contributed by atoms with E-state index in [0.29, 0.717) is 0 Å². The molecule has 0 aromatic rings. The Morgan fingerprint density at radius 2 is 1.81 bits per heavy atom. The Bertz CT molecular complexity index is 296. The average Bonchev–Trinajstić information content (AvgIpc) is 2.14. The van der Waals surface area contributed by atoms with Crippen LogP contribution in [0.1, 0.15) is 6.92 Å². The highest BCUT2D eigenvalue weighted by atomic mass is 28.3. The third-order valence-electron chi connectivity index (χ3n) is 1.81. The number of hydrogen-bond acceptors (Lipinski definition) is 4. The lowest BCUT2D eigenvalue weighted by atomic mass is 10.5. The summed E-state index contributed by atoms with van der Waals surface area (Å²) >= 11 is 0. The summed E-state index contributed by atoms with van der Waals surface area (Å²) in [4.78, 5) is 23.1. The first-order valence-electron chi connectivity index (χ1n) is 4.99.